The highest BCUT2D eigenvalue weighted by molar-refractivity contribution is 5.76. The Labute approximate surface area is 97.6 Å². The number of rotatable bonds is 1. The molecular formula is C13H11N3O. The lowest BCUT2D eigenvalue weighted by atomic mass is 10.3. The molecule has 0 saturated heterocycles. The monoisotopic (exact) mass is 225 g/mol. The maximum Gasteiger partial charge on any atom is 0.331 e. The number of para-hydroxylation sites is 2. The molecule has 0 radical (unpaired) electrons. The number of hydrogen-bond acceptors (Lipinski definition) is 2. The Morgan fingerprint density at radius 1 is 1.18 bits per heavy atom. The average molecular weight is 225 g/mol. The summed E-state index contributed by atoms with van der Waals surface area (Å²) in [6, 6.07) is 11.4. The minimum atomic E-state index is -0.142. The molecule has 3 aromatic rings. The average Bonchev–Trinajstić information content (AvgIpc) is 2.66. The predicted octanol–water partition coefficient (Wildman–Crippen LogP) is 2.02. The fraction of sp³-hybridized carbons (Fsp3) is 0.0769. The van der Waals surface area contributed by atoms with Gasteiger partial charge < -0.3 is 4.98 Å². The number of nitrogens with one attached hydrogen (secondary N) is 1. The molecule has 4 nitrogen and oxygen atoms in total. The van der Waals surface area contributed by atoms with Crippen molar-refractivity contribution >= 4 is 11.0 Å². The van der Waals surface area contributed by atoms with E-state index in [2.05, 4.69) is 9.97 Å². The summed E-state index contributed by atoms with van der Waals surface area (Å²) in [4.78, 5) is 18.9. The molecule has 84 valence electrons. The van der Waals surface area contributed by atoms with Crippen molar-refractivity contribution in [3.8, 4) is 5.69 Å². The van der Waals surface area contributed by atoms with Crippen LogP contribution in [0.3, 0.4) is 0 Å². The first-order valence-electron chi connectivity index (χ1n) is 5.38. The Bertz CT molecular complexity index is 722. The Kier molecular flexibility index (Phi) is 2.08. The van der Waals surface area contributed by atoms with Crippen LogP contribution in [0.25, 0.3) is 16.7 Å². The lowest BCUT2D eigenvalue weighted by Gasteiger charge is -2.02. The van der Waals surface area contributed by atoms with Crippen molar-refractivity contribution in [3.63, 3.8) is 0 Å². The van der Waals surface area contributed by atoms with Crippen LogP contribution in [0.4, 0.5) is 0 Å². The predicted molar refractivity (Wildman–Crippen MR) is 66.4 cm³/mol. The van der Waals surface area contributed by atoms with E-state index in [0.717, 1.165) is 22.4 Å². The van der Waals surface area contributed by atoms with Crippen molar-refractivity contribution < 1.29 is 0 Å². The van der Waals surface area contributed by atoms with Gasteiger partial charge in [-0.05, 0) is 31.2 Å². The maximum atomic E-state index is 11.9. The van der Waals surface area contributed by atoms with Gasteiger partial charge in [-0.15, -0.1) is 0 Å². The van der Waals surface area contributed by atoms with E-state index in [1.165, 1.54) is 0 Å². The number of aromatic amines is 1. The summed E-state index contributed by atoms with van der Waals surface area (Å²) in [5.41, 5.74) is 3.26. The summed E-state index contributed by atoms with van der Waals surface area (Å²) in [5, 5.41) is 0. The summed E-state index contributed by atoms with van der Waals surface area (Å²) >= 11 is 0. The zero-order valence-corrected chi connectivity index (χ0v) is 9.34. The molecule has 0 aliphatic heterocycles. The first-order chi connectivity index (χ1) is 8.25. The first kappa shape index (κ1) is 9.84. The maximum absolute atomic E-state index is 11.9. The van der Waals surface area contributed by atoms with Crippen LogP contribution in [-0.2, 0) is 0 Å². The number of H-pyrrole nitrogens is 1. The van der Waals surface area contributed by atoms with Gasteiger partial charge in [-0.2, -0.15) is 0 Å². The lowest BCUT2D eigenvalue weighted by Crippen LogP contribution is -2.14. The van der Waals surface area contributed by atoms with E-state index >= 15 is 0 Å². The smallest absolute Gasteiger partial charge is 0.305 e. The van der Waals surface area contributed by atoms with E-state index < -0.39 is 0 Å². The van der Waals surface area contributed by atoms with E-state index in [4.69, 9.17) is 0 Å². The fourth-order valence-corrected chi connectivity index (χ4v) is 1.90. The van der Waals surface area contributed by atoms with Crippen LogP contribution in [-0.4, -0.2) is 14.5 Å². The van der Waals surface area contributed by atoms with E-state index in [1.807, 2.05) is 43.3 Å². The summed E-state index contributed by atoms with van der Waals surface area (Å²) < 4.78 is 1.63. The van der Waals surface area contributed by atoms with E-state index in [9.17, 15) is 4.79 Å². The molecule has 4 heteroatoms. The molecular weight excluding hydrogens is 214 g/mol. The second-order valence-electron chi connectivity index (χ2n) is 3.94. The quantitative estimate of drug-likeness (QED) is 0.688. The molecule has 0 amide bonds. The third kappa shape index (κ3) is 1.54. The minimum absolute atomic E-state index is 0.142. The summed E-state index contributed by atoms with van der Waals surface area (Å²) in [6.07, 6.45) is 1.71. The van der Waals surface area contributed by atoms with Gasteiger partial charge in [0.25, 0.3) is 0 Å². The largest absolute Gasteiger partial charge is 0.331 e. The zero-order valence-electron chi connectivity index (χ0n) is 9.34. The summed E-state index contributed by atoms with van der Waals surface area (Å²) in [5.74, 6) is 0. The highest BCUT2D eigenvalue weighted by Crippen LogP contribution is 2.14. The molecule has 2 aromatic heterocycles. The molecule has 0 fully saturated rings. The van der Waals surface area contributed by atoms with Crippen molar-refractivity contribution in [3.05, 3.63) is 58.8 Å². The molecule has 3 rings (SSSR count). The second-order valence-corrected chi connectivity index (χ2v) is 3.94. The molecule has 0 unspecified atom stereocenters. The number of benzene rings is 1. The highest BCUT2D eigenvalue weighted by atomic mass is 16.1. The van der Waals surface area contributed by atoms with Gasteiger partial charge in [-0.1, -0.05) is 12.1 Å². The SMILES string of the molecule is Cc1ccc(-n2c(=O)[nH]c3ccccc32)cn1. The number of fused-ring (bicyclic) bond motifs is 1. The molecule has 0 atom stereocenters. The standard InChI is InChI=1S/C13H11N3O/c1-9-6-7-10(8-14-9)16-12-5-3-2-4-11(12)15-13(16)17/h2-8H,1H3,(H,15,17). The van der Waals surface area contributed by atoms with Crippen LogP contribution in [0, 0.1) is 6.92 Å². The number of imidazole rings is 1. The Morgan fingerprint density at radius 3 is 2.76 bits per heavy atom. The van der Waals surface area contributed by atoms with Crippen molar-refractivity contribution in [1.82, 2.24) is 14.5 Å². The normalized spacial score (nSPS) is 10.9. The molecule has 2 heterocycles. The van der Waals surface area contributed by atoms with Gasteiger partial charge in [-0.3, -0.25) is 9.55 Å². The van der Waals surface area contributed by atoms with E-state index in [-0.39, 0.29) is 5.69 Å². The summed E-state index contributed by atoms with van der Waals surface area (Å²) in [7, 11) is 0. The zero-order chi connectivity index (χ0) is 11.8. The molecule has 0 saturated carbocycles. The van der Waals surface area contributed by atoms with Crippen molar-refractivity contribution in [1.29, 1.82) is 0 Å². The van der Waals surface area contributed by atoms with E-state index in [1.54, 1.807) is 10.8 Å². The summed E-state index contributed by atoms with van der Waals surface area (Å²) in [6.45, 7) is 1.92. The van der Waals surface area contributed by atoms with Crippen LogP contribution < -0.4 is 5.69 Å². The molecule has 0 bridgehead atoms. The molecule has 1 aromatic carbocycles. The third-order valence-corrected chi connectivity index (χ3v) is 2.74. The highest BCUT2D eigenvalue weighted by Gasteiger charge is 2.07. The Balaban J connectivity index is 2.33. The van der Waals surface area contributed by atoms with Crippen LogP contribution in [0.5, 0.6) is 0 Å². The van der Waals surface area contributed by atoms with Gasteiger partial charge in [0.15, 0.2) is 0 Å². The number of hydrogen-bond donors (Lipinski definition) is 1. The number of aryl methyl sites for hydroxylation is 1. The van der Waals surface area contributed by atoms with Gasteiger partial charge in [0.05, 0.1) is 22.9 Å². The Hall–Kier alpha value is -2.36. The second kappa shape index (κ2) is 3.59. The fourth-order valence-electron chi connectivity index (χ4n) is 1.90. The van der Waals surface area contributed by atoms with Gasteiger partial charge in [0, 0.05) is 5.69 Å². The first-order valence-corrected chi connectivity index (χ1v) is 5.38. The van der Waals surface area contributed by atoms with Crippen LogP contribution in [0.1, 0.15) is 5.69 Å². The number of nitrogens with zero attached hydrogens (tertiary/aromatic N) is 2. The van der Waals surface area contributed by atoms with Crippen molar-refractivity contribution in [2.24, 2.45) is 0 Å². The van der Waals surface area contributed by atoms with Crippen molar-refractivity contribution in [2.45, 2.75) is 6.92 Å². The number of pyridine rings is 1. The van der Waals surface area contributed by atoms with Crippen LogP contribution >= 0.6 is 0 Å². The topological polar surface area (TPSA) is 50.7 Å². The molecule has 0 aliphatic rings. The molecule has 0 spiro atoms. The van der Waals surface area contributed by atoms with Gasteiger partial charge >= 0.3 is 5.69 Å². The molecule has 17 heavy (non-hydrogen) atoms. The number of aromatic nitrogens is 3. The third-order valence-electron chi connectivity index (χ3n) is 2.74. The molecule has 0 aliphatic carbocycles. The van der Waals surface area contributed by atoms with Crippen LogP contribution in [0.2, 0.25) is 0 Å². The van der Waals surface area contributed by atoms with E-state index in [0.29, 0.717) is 0 Å². The van der Waals surface area contributed by atoms with Gasteiger partial charge in [0.1, 0.15) is 0 Å². The van der Waals surface area contributed by atoms with Crippen LogP contribution in [0.15, 0.2) is 47.4 Å². The minimum Gasteiger partial charge on any atom is -0.305 e. The lowest BCUT2D eigenvalue weighted by molar-refractivity contribution is 0.997. The van der Waals surface area contributed by atoms with Gasteiger partial charge in [-0.25, -0.2) is 4.79 Å². The Morgan fingerprint density at radius 2 is 2.00 bits per heavy atom. The van der Waals surface area contributed by atoms with Crippen molar-refractivity contribution in [2.75, 3.05) is 0 Å². The van der Waals surface area contributed by atoms with Gasteiger partial charge in [0.2, 0.25) is 0 Å². The molecule has 1 N–H and O–H groups in total.